The van der Waals surface area contributed by atoms with Crippen molar-refractivity contribution in [1.82, 2.24) is 0 Å². The summed E-state index contributed by atoms with van der Waals surface area (Å²) in [5.74, 6) is 0. The molecule has 1 aliphatic heterocycles. The summed E-state index contributed by atoms with van der Waals surface area (Å²) < 4.78 is -1.13. The highest BCUT2D eigenvalue weighted by Gasteiger charge is 2.47. The summed E-state index contributed by atoms with van der Waals surface area (Å²) in [6.07, 6.45) is 0. The van der Waals surface area contributed by atoms with Gasteiger partial charge in [-0.2, -0.15) is 0 Å². The highest BCUT2D eigenvalue weighted by atomic mass is 34.0. The van der Waals surface area contributed by atoms with Crippen molar-refractivity contribution in [1.29, 1.82) is 0 Å². The molecule has 0 atom stereocenters. The minimum atomic E-state index is -1.13. The summed E-state index contributed by atoms with van der Waals surface area (Å²) in [7, 11) is 1.77. The minimum Gasteiger partial charge on any atom is -0.105 e. The van der Waals surface area contributed by atoms with Crippen LogP contribution in [0.3, 0.4) is 0 Å². The quantitative estimate of drug-likeness (QED) is 0.297. The van der Waals surface area contributed by atoms with Crippen molar-refractivity contribution in [3.63, 3.8) is 0 Å². The van der Waals surface area contributed by atoms with Gasteiger partial charge in [-0.3, -0.25) is 0 Å². The number of hydrogen-bond donors (Lipinski definition) is 1. The summed E-state index contributed by atoms with van der Waals surface area (Å²) in [4.78, 5) is 2.74. The Hall–Kier alpha value is 1.40. The van der Waals surface area contributed by atoms with Crippen LogP contribution in [0.1, 0.15) is 0 Å². The summed E-state index contributed by atoms with van der Waals surface area (Å²) in [5, 5.41) is 0. The van der Waals surface area contributed by atoms with Gasteiger partial charge < -0.3 is 0 Å². The monoisotopic (exact) mass is 409 g/mol. The smallest absolute Gasteiger partial charge is 0.105 e. The van der Waals surface area contributed by atoms with Crippen molar-refractivity contribution in [2.75, 3.05) is 0 Å². The number of thiol groups is 1. The third-order valence-electron chi connectivity index (χ3n) is 2.32. The van der Waals surface area contributed by atoms with E-state index < -0.39 is 4.07 Å². The molecule has 0 nitrogen and oxygen atoms in total. The zero-order chi connectivity index (χ0) is 13.8. The maximum Gasteiger partial charge on any atom is 0.106 e. The summed E-state index contributed by atoms with van der Waals surface area (Å²) >= 11 is 12.9. The molecule has 0 unspecified atom stereocenters. The Bertz CT molecular complexity index is 546. The van der Waals surface area contributed by atoms with Gasteiger partial charge in [-0.1, -0.05) is 81.2 Å². The molecule has 1 heterocycles. The summed E-state index contributed by atoms with van der Waals surface area (Å²) in [5.41, 5.74) is -0.0552. The molecule has 0 bridgehead atoms. The van der Waals surface area contributed by atoms with E-state index in [9.17, 15) is 0 Å². The largest absolute Gasteiger partial charge is 0.106 e. The van der Waals surface area contributed by atoms with Crippen LogP contribution in [-0.4, -0.2) is 0 Å². The maximum absolute atomic E-state index is 4.53. The fourth-order valence-corrected chi connectivity index (χ4v) is 57.8. The van der Waals surface area contributed by atoms with Crippen LogP contribution in [0, 0.1) is 0 Å². The Morgan fingerprint density at radius 2 is 1.40 bits per heavy atom. The molecule has 0 N–H and O–H groups in total. The highest BCUT2D eigenvalue weighted by molar-refractivity contribution is 9.70. The fourth-order valence-electron chi connectivity index (χ4n) is 1.46. The lowest BCUT2D eigenvalue weighted by Crippen LogP contribution is -1.77. The van der Waals surface area contributed by atoms with E-state index in [4.69, 9.17) is 0 Å². The minimum absolute atomic E-state index is 0.0552. The molecule has 2 aromatic rings. The molecule has 0 aromatic heterocycles. The zero-order valence-corrected chi connectivity index (χ0v) is 16.9. The fraction of sp³-hybridized carbons (Fsp3) is 0. The molecule has 2 aromatic carbocycles. The first-order chi connectivity index (χ1) is 9.80. The van der Waals surface area contributed by atoms with Crippen LogP contribution < -0.4 is 0 Å². The van der Waals surface area contributed by atoms with Gasteiger partial charge in [0.1, 0.15) is 4.07 Å². The van der Waals surface area contributed by atoms with Crippen molar-refractivity contribution in [2.24, 2.45) is 0 Å². The van der Waals surface area contributed by atoms with E-state index in [0.717, 1.165) is 0 Å². The Kier molecular flexibility index (Phi) is 6.33. The van der Waals surface area contributed by atoms with Crippen LogP contribution in [0.5, 0.6) is 0 Å². The van der Waals surface area contributed by atoms with Gasteiger partial charge in [-0.25, -0.2) is 0 Å². The third-order valence-corrected chi connectivity index (χ3v) is 44.1. The van der Waals surface area contributed by atoms with Crippen LogP contribution in [0.25, 0.3) is 0 Å². The Balaban J connectivity index is 1.59. The van der Waals surface area contributed by atoms with Crippen LogP contribution in [0.4, 0.5) is 0 Å². The number of rotatable bonds is 5. The van der Waals surface area contributed by atoms with E-state index in [-0.39, 0.29) is 5.53 Å². The first-order valence-electron chi connectivity index (χ1n) is 5.69. The Morgan fingerprint density at radius 3 is 1.95 bits per heavy atom. The van der Waals surface area contributed by atoms with E-state index in [1.165, 1.54) is 9.79 Å². The Morgan fingerprint density at radius 1 is 0.850 bits per heavy atom. The number of benzene rings is 2. The van der Waals surface area contributed by atoms with Crippen molar-refractivity contribution < 1.29 is 0 Å². The SMILES string of the molecule is SS[P]1(Sc2ccccc2)SP(Sc2ccccc2)S1. The van der Waals surface area contributed by atoms with E-state index >= 15 is 0 Å². The van der Waals surface area contributed by atoms with Crippen LogP contribution in [0.2, 0.25) is 0 Å². The zero-order valence-electron chi connectivity index (χ0n) is 10.2. The summed E-state index contributed by atoms with van der Waals surface area (Å²) in [6, 6.07) is 21.4. The van der Waals surface area contributed by atoms with Crippen molar-refractivity contribution in [3.05, 3.63) is 60.7 Å². The summed E-state index contributed by atoms with van der Waals surface area (Å²) in [6.45, 7) is 0. The molecule has 0 aliphatic carbocycles. The van der Waals surface area contributed by atoms with Crippen LogP contribution >= 0.6 is 76.4 Å². The molecule has 0 amide bonds. The third kappa shape index (κ3) is 4.23. The second-order valence-electron chi connectivity index (χ2n) is 3.72. The molecule has 1 saturated heterocycles. The van der Waals surface area contributed by atoms with Crippen molar-refractivity contribution >= 4 is 76.4 Å². The lowest BCUT2D eigenvalue weighted by atomic mass is 10.4. The molecule has 105 valence electrons. The average Bonchev–Trinajstić information content (AvgIpc) is 2.47. The van der Waals surface area contributed by atoms with Crippen molar-refractivity contribution in [3.8, 4) is 0 Å². The van der Waals surface area contributed by atoms with Gasteiger partial charge in [0.25, 0.3) is 0 Å². The van der Waals surface area contributed by atoms with Gasteiger partial charge in [0.15, 0.2) is 0 Å². The topological polar surface area (TPSA) is 0 Å². The molecule has 8 heteroatoms. The lowest BCUT2D eigenvalue weighted by Gasteiger charge is -2.43. The molecule has 1 radical (unpaired) electrons. The highest BCUT2D eigenvalue weighted by Crippen LogP contribution is 3.18. The molecule has 3 rings (SSSR count). The second kappa shape index (κ2) is 7.79. The first-order valence-corrected chi connectivity index (χ1v) is 18.2. The van der Waals surface area contributed by atoms with Crippen LogP contribution in [-0.2, 0) is 0 Å². The van der Waals surface area contributed by atoms with Gasteiger partial charge in [-0.05, 0) is 34.7 Å². The lowest BCUT2D eigenvalue weighted by molar-refractivity contribution is 1.48. The molecule has 1 fully saturated rings. The average molecular weight is 410 g/mol. The van der Waals surface area contributed by atoms with E-state index in [1.807, 2.05) is 22.8 Å². The van der Waals surface area contributed by atoms with Crippen molar-refractivity contribution in [2.45, 2.75) is 9.79 Å². The predicted molar refractivity (Wildman–Crippen MR) is 110 cm³/mol. The van der Waals surface area contributed by atoms with Gasteiger partial charge in [0, 0.05) is 9.79 Å². The maximum atomic E-state index is 4.53. The Labute approximate surface area is 145 Å². The molecule has 20 heavy (non-hydrogen) atoms. The number of hydrogen-bond acceptors (Lipinski definition) is 6. The van der Waals surface area contributed by atoms with E-state index in [1.54, 1.807) is 10.4 Å². The molecular formula is C12H11P2S6. The first kappa shape index (κ1) is 16.3. The van der Waals surface area contributed by atoms with E-state index in [0.29, 0.717) is 0 Å². The van der Waals surface area contributed by atoms with E-state index in [2.05, 4.69) is 94.3 Å². The standard InChI is InChI=1S/C12H11P2S6/c15-20-14(17-12-9-5-2-6-10-12)18-13(19-14)16-11-7-3-1-4-8-11/h1-10,15H. The molecule has 0 saturated carbocycles. The predicted octanol–water partition coefficient (Wildman–Crippen LogP) is 8.53. The van der Waals surface area contributed by atoms with Gasteiger partial charge in [-0.15, -0.1) is 11.7 Å². The molecule has 1 aliphatic rings. The normalized spacial score (nSPS) is 25.1. The molecule has 0 spiro atoms. The molecular weight excluding hydrogens is 398 g/mol. The van der Waals surface area contributed by atoms with Gasteiger partial charge >= 0.3 is 0 Å². The second-order valence-corrected chi connectivity index (χ2v) is 29.9. The van der Waals surface area contributed by atoms with Gasteiger partial charge in [0.2, 0.25) is 0 Å². The van der Waals surface area contributed by atoms with Gasteiger partial charge in [0.05, 0.1) is 5.53 Å². The van der Waals surface area contributed by atoms with Crippen LogP contribution in [0.15, 0.2) is 70.5 Å².